The molecule has 2 N–H and O–H groups in total. The Morgan fingerprint density at radius 1 is 1.47 bits per heavy atom. The Balaban J connectivity index is 2.53. The molecule has 0 spiro atoms. The lowest BCUT2D eigenvalue weighted by molar-refractivity contribution is 0.0448. The van der Waals surface area contributed by atoms with E-state index in [0.29, 0.717) is 26.3 Å². The van der Waals surface area contributed by atoms with E-state index in [-0.39, 0.29) is 18.6 Å². The minimum atomic E-state index is -2.37. The average molecular weight is 280 g/mol. The molecule has 114 valence electrons. The van der Waals surface area contributed by atoms with Crippen molar-refractivity contribution in [3.05, 3.63) is 0 Å². The van der Waals surface area contributed by atoms with Gasteiger partial charge in [0.1, 0.15) is 0 Å². The highest BCUT2D eigenvalue weighted by Crippen LogP contribution is 2.29. The Morgan fingerprint density at radius 2 is 2.26 bits per heavy atom. The third-order valence-electron chi connectivity index (χ3n) is 3.48. The maximum Gasteiger partial charge on any atom is 0.251 e. The van der Waals surface area contributed by atoms with Crippen LogP contribution in [0.2, 0.25) is 0 Å². The number of rotatable bonds is 10. The van der Waals surface area contributed by atoms with Crippen molar-refractivity contribution >= 4 is 0 Å². The van der Waals surface area contributed by atoms with Crippen molar-refractivity contribution in [3.8, 4) is 0 Å². The van der Waals surface area contributed by atoms with Crippen LogP contribution < -0.4 is 5.32 Å². The van der Waals surface area contributed by atoms with Gasteiger partial charge in [0.05, 0.1) is 19.8 Å². The van der Waals surface area contributed by atoms with Crippen LogP contribution in [0.5, 0.6) is 0 Å². The van der Waals surface area contributed by atoms with Gasteiger partial charge in [-0.1, -0.05) is 6.92 Å². The van der Waals surface area contributed by atoms with Crippen LogP contribution in [-0.4, -0.2) is 69.0 Å². The molecular weight excluding hydrogens is 254 g/mol. The predicted octanol–water partition coefficient (Wildman–Crippen LogP) is 0.952. The molecule has 1 rings (SSSR count). The van der Waals surface area contributed by atoms with E-state index in [9.17, 15) is 8.78 Å². The quantitative estimate of drug-likeness (QED) is 0.585. The van der Waals surface area contributed by atoms with Crippen LogP contribution in [0.4, 0.5) is 8.78 Å². The van der Waals surface area contributed by atoms with Gasteiger partial charge in [0.2, 0.25) is 0 Å². The highest BCUT2D eigenvalue weighted by atomic mass is 19.3. The number of aliphatic hydroxyl groups is 1. The first-order chi connectivity index (χ1) is 9.12. The zero-order valence-corrected chi connectivity index (χ0v) is 11.7. The van der Waals surface area contributed by atoms with Crippen LogP contribution in [-0.2, 0) is 4.74 Å². The van der Waals surface area contributed by atoms with Gasteiger partial charge in [-0.2, -0.15) is 0 Å². The first kappa shape index (κ1) is 16.8. The SMILES string of the molecule is CCCNCC1(CN(CCO)CC(F)F)CCOC1. The van der Waals surface area contributed by atoms with E-state index < -0.39 is 6.43 Å². The van der Waals surface area contributed by atoms with Gasteiger partial charge in [-0.15, -0.1) is 0 Å². The number of nitrogens with one attached hydrogen (secondary N) is 1. The van der Waals surface area contributed by atoms with Crippen molar-refractivity contribution < 1.29 is 18.6 Å². The fourth-order valence-corrected chi connectivity index (χ4v) is 2.55. The van der Waals surface area contributed by atoms with E-state index in [4.69, 9.17) is 9.84 Å². The van der Waals surface area contributed by atoms with Crippen LogP contribution in [0.25, 0.3) is 0 Å². The summed E-state index contributed by atoms with van der Waals surface area (Å²) >= 11 is 0. The molecule has 1 saturated heterocycles. The first-order valence-electron chi connectivity index (χ1n) is 7.02. The van der Waals surface area contributed by atoms with Gasteiger partial charge < -0.3 is 15.2 Å². The molecule has 19 heavy (non-hydrogen) atoms. The molecule has 0 bridgehead atoms. The van der Waals surface area contributed by atoms with Gasteiger partial charge in [0.25, 0.3) is 6.43 Å². The number of ether oxygens (including phenoxy) is 1. The van der Waals surface area contributed by atoms with Crippen LogP contribution in [0.1, 0.15) is 19.8 Å². The summed E-state index contributed by atoms with van der Waals surface area (Å²) in [5.41, 5.74) is -0.0980. The fourth-order valence-electron chi connectivity index (χ4n) is 2.55. The molecule has 0 radical (unpaired) electrons. The molecule has 1 atom stereocenters. The number of aliphatic hydroxyl groups excluding tert-OH is 1. The minimum Gasteiger partial charge on any atom is -0.395 e. The standard InChI is InChI=1S/C13H26F2N2O2/c1-2-4-16-9-13(3-7-19-11-13)10-17(5-6-18)8-12(14)15/h12,16,18H,2-11H2,1H3. The molecule has 0 aromatic carbocycles. The molecule has 1 aliphatic rings. The van der Waals surface area contributed by atoms with Crippen LogP contribution in [0.3, 0.4) is 0 Å². The van der Waals surface area contributed by atoms with E-state index in [0.717, 1.165) is 25.9 Å². The normalized spacial score (nSPS) is 23.7. The van der Waals surface area contributed by atoms with Crippen molar-refractivity contribution in [3.63, 3.8) is 0 Å². The molecule has 0 saturated carbocycles. The highest BCUT2D eigenvalue weighted by molar-refractivity contribution is 4.88. The molecule has 6 heteroatoms. The molecule has 0 amide bonds. The summed E-state index contributed by atoms with van der Waals surface area (Å²) in [5, 5.41) is 12.4. The summed E-state index contributed by atoms with van der Waals surface area (Å²) in [6.45, 7) is 5.57. The number of nitrogens with zero attached hydrogens (tertiary/aromatic N) is 1. The molecule has 1 fully saturated rings. The third-order valence-corrected chi connectivity index (χ3v) is 3.48. The highest BCUT2D eigenvalue weighted by Gasteiger charge is 2.36. The predicted molar refractivity (Wildman–Crippen MR) is 70.6 cm³/mol. The zero-order chi connectivity index (χ0) is 14.1. The van der Waals surface area contributed by atoms with E-state index >= 15 is 0 Å². The Kier molecular flexibility index (Phi) is 7.75. The smallest absolute Gasteiger partial charge is 0.251 e. The Labute approximate surface area is 114 Å². The van der Waals surface area contributed by atoms with Gasteiger partial charge in [0, 0.05) is 31.7 Å². The molecule has 0 aliphatic carbocycles. The topological polar surface area (TPSA) is 44.7 Å². The Hall–Kier alpha value is -0.300. The fraction of sp³-hybridized carbons (Fsp3) is 1.00. The van der Waals surface area contributed by atoms with E-state index in [2.05, 4.69) is 12.2 Å². The lowest BCUT2D eigenvalue weighted by atomic mass is 9.86. The summed E-state index contributed by atoms with van der Waals surface area (Å²) in [6, 6.07) is 0. The number of hydrogen-bond donors (Lipinski definition) is 2. The van der Waals surface area contributed by atoms with Gasteiger partial charge in [-0.05, 0) is 19.4 Å². The van der Waals surface area contributed by atoms with E-state index in [1.54, 1.807) is 4.90 Å². The molecular formula is C13H26F2N2O2. The third kappa shape index (κ3) is 6.12. The largest absolute Gasteiger partial charge is 0.395 e. The van der Waals surface area contributed by atoms with Crippen molar-refractivity contribution in [1.82, 2.24) is 10.2 Å². The molecule has 0 aromatic rings. The lowest BCUT2D eigenvalue weighted by Crippen LogP contribution is -2.47. The molecule has 1 unspecified atom stereocenters. The Bertz CT molecular complexity index is 237. The van der Waals surface area contributed by atoms with Crippen LogP contribution in [0, 0.1) is 5.41 Å². The Morgan fingerprint density at radius 3 is 2.79 bits per heavy atom. The van der Waals surface area contributed by atoms with Gasteiger partial charge >= 0.3 is 0 Å². The average Bonchev–Trinajstić information content (AvgIpc) is 2.78. The second-order valence-electron chi connectivity index (χ2n) is 5.33. The summed E-state index contributed by atoms with van der Waals surface area (Å²) in [6.07, 6.45) is -0.432. The summed E-state index contributed by atoms with van der Waals surface area (Å²) in [5.74, 6) is 0. The molecule has 4 nitrogen and oxygen atoms in total. The first-order valence-corrected chi connectivity index (χ1v) is 7.02. The molecule has 0 aromatic heterocycles. The van der Waals surface area contributed by atoms with Crippen molar-refractivity contribution in [1.29, 1.82) is 0 Å². The summed E-state index contributed by atoms with van der Waals surface area (Å²) < 4.78 is 30.5. The summed E-state index contributed by atoms with van der Waals surface area (Å²) in [7, 11) is 0. The van der Waals surface area contributed by atoms with Crippen molar-refractivity contribution in [2.75, 3.05) is 52.5 Å². The van der Waals surface area contributed by atoms with Gasteiger partial charge in [0.15, 0.2) is 0 Å². The second kappa shape index (κ2) is 8.79. The van der Waals surface area contributed by atoms with E-state index in [1.807, 2.05) is 0 Å². The maximum absolute atomic E-state index is 12.5. The second-order valence-corrected chi connectivity index (χ2v) is 5.33. The van der Waals surface area contributed by atoms with Gasteiger partial charge in [-0.25, -0.2) is 8.78 Å². The minimum absolute atomic E-state index is 0.0912. The monoisotopic (exact) mass is 280 g/mol. The lowest BCUT2D eigenvalue weighted by Gasteiger charge is -2.34. The number of halogens is 2. The van der Waals surface area contributed by atoms with Crippen LogP contribution in [0.15, 0.2) is 0 Å². The molecule has 1 aliphatic heterocycles. The van der Waals surface area contributed by atoms with E-state index in [1.165, 1.54) is 0 Å². The van der Waals surface area contributed by atoms with Crippen molar-refractivity contribution in [2.45, 2.75) is 26.2 Å². The van der Waals surface area contributed by atoms with Crippen molar-refractivity contribution in [2.24, 2.45) is 5.41 Å². The zero-order valence-electron chi connectivity index (χ0n) is 11.7. The number of alkyl halides is 2. The molecule has 1 heterocycles. The van der Waals surface area contributed by atoms with Gasteiger partial charge in [-0.3, -0.25) is 4.90 Å². The maximum atomic E-state index is 12.5. The number of hydrogen-bond acceptors (Lipinski definition) is 4. The summed E-state index contributed by atoms with van der Waals surface area (Å²) in [4.78, 5) is 1.65. The van der Waals surface area contributed by atoms with Crippen LogP contribution >= 0.6 is 0 Å².